The Balaban J connectivity index is 2.60. The summed E-state index contributed by atoms with van der Waals surface area (Å²) in [5, 5.41) is 7.28. The lowest BCUT2D eigenvalue weighted by Crippen LogP contribution is -1.87. The summed E-state index contributed by atoms with van der Waals surface area (Å²) in [6.45, 7) is 0.188. The molecule has 1 aromatic heterocycles. The van der Waals surface area contributed by atoms with E-state index in [2.05, 4.69) is 27.0 Å². The minimum absolute atomic E-state index is 0.188. The summed E-state index contributed by atoms with van der Waals surface area (Å²) in [5.74, 6) is 5.42. The van der Waals surface area contributed by atoms with Crippen LogP contribution < -0.4 is 0 Å². The number of hydrogen-bond acceptors (Lipinski definition) is 2. The molecule has 1 rings (SSSR count). The highest BCUT2D eigenvalue weighted by Crippen LogP contribution is 1.89. The highest BCUT2D eigenvalue weighted by Gasteiger charge is 1.87. The molecule has 0 atom stereocenters. The van der Waals surface area contributed by atoms with Crippen molar-refractivity contribution in [2.24, 2.45) is 12.2 Å². The number of azide groups is 1. The Bertz CT molecular complexity index is 361. The molecule has 0 N–H and O–H groups in total. The van der Waals surface area contributed by atoms with Crippen molar-refractivity contribution >= 4 is 0 Å². The molecule has 1 aromatic rings. The second-order valence-electron chi connectivity index (χ2n) is 2.07. The molecule has 0 saturated carbocycles. The average Bonchev–Trinajstić information content (AvgIpc) is 2.45. The molecule has 0 aliphatic rings. The summed E-state index contributed by atoms with van der Waals surface area (Å²) in [4.78, 5) is 2.57. The van der Waals surface area contributed by atoms with Gasteiger partial charge in [-0.2, -0.15) is 5.10 Å². The second-order valence-corrected chi connectivity index (χ2v) is 2.07. The van der Waals surface area contributed by atoms with Crippen molar-refractivity contribution in [3.05, 3.63) is 28.4 Å². The van der Waals surface area contributed by atoms with E-state index in [0.717, 1.165) is 0 Å². The van der Waals surface area contributed by atoms with Crippen LogP contribution in [0, 0.1) is 11.8 Å². The third-order valence-corrected chi connectivity index (χ3v) is 1.14. The molecule has 5 heteroatoms. The van der Waals surface area contributed by atoms with Crippen molar-refractivity contribution < 1.29 is 0 Å². The van der Waals surface area contributed by atoms with Gasteiger partial charge in [0, 0.05) is 18.2 Å². The summed E-state index contributed by atoms with van der Waals surface area (Å²) in [6.07, 6.45) is 1.80. The molecule has 0 spiro atoms. The molecular weight excluding hydrogens is 154 g/mol. The number of nitrogens with zero attached hydrogens (tertiary/aromatic N) is 5. The van der Waals surface area contributed by atoms with Gasteiger partial charge in [0.2, 0.25) is 0 Å². The van der Waals surface area contributed by atoms with Crippen LogP contribution in [0.3, 0.4) is 0 Å². The van der Waals surface area contributed by atoms with Crippen molar-refractivity contribution in [3.63, 3.8) is 0 Å². The topological polar surface area (TPSA) is 66.6 Å². The molecule has 0 amide bonds. The Morgan fingerprint density at radius 1 is 1.83 bits per heavy atom. The zero-order chi connectivity index (χ0) is 8.81. The Hall–Kier alpha value is -1.92. The smallest absolute Gasteiger partial charge is 0.135 e. The van der Waals surface area contributed by atoms with Gasteiger partial charge in [-0.25, -0.2) is 0 Å². The van der Waals surface area contributed by atoms with Crippen LogP contribution in [0.25, 0.3) is 10.4 Å². The molecule has 0 bridgehead atoms. The van der Waals surface area contributed by atoms with Crippen LogP contribution in [0.2, 0.25) is 0 Å². The fourth-order valence-corrected chi connectivity index (χ4v) is 0.679. The number of aryl methyl sites for hydroxylation is 1. The van der Waals surface area contributed by atoms with Gasteiger partial charge in [0.05, 0.1) is 6.54 Å². The van der Waals surface area contributed by atoms with Gasteiger partial charge in [-0.15, -0.1) is 0 Å². The summed E-state index contributed by atoms with van der Waals surface area (Å²) in [5.41, 5.74) is 8.62. The standard InChI is InChI=1S/C7H7N5/c1-12-6-4-7(10-12)3-2-5-9-11-8/h4,6H,5H2,1H3. The quantitative estimate of drug-likeness (QED) is 0.263. The highest BCUT2D eigenvalue weighted by atomic mass is 15.2. The number of aromatic nitrogens is 2. The molecular formula is C7H7N5. The maximum atomic E-state index is 7.94. The van der Waals surface area contributed by atoms with Crippen molar-refractivity contribution in [2.75, 3.05) is 6.54 Å². The first-order valence-corrected chi connectivity index (χ1v) is 3.32. The van der Waals surface area contributed by atoms with E-state index in [1.54, 1.807) is 16.9 Å². The fraction of sp³-hybridized carbons (Fsp3) is 0.286. The van der Waals surface area contributed by atoms with Crippen LogP contribution in [0.15, 0.2) is 17.4 Å². The van der Waals surface area contributed by atoms with Crippen LogP contribution in [-0.4, -0.2) is 16.3 Å². The van der Waals surface area contributed by atoms with Crippen molar-refractivity contribution in [1.29, 1.82) is 0 Å². The minimum Gasteiger partial charge on any atom is -0.275 e. The zero-order valence-electron chi connectivity index (χ0n) is 6.60. The molecule has 0 saturated heterocycles. The van der Waals surface area contributed by atoms with Gasteiger partial charge >= 0.3 is 0 Å². The van der Waals surface area contributed by atoms with E-state index < -0.39 is 0 Å². The van der Waals surface area contributed by atoms with Crippen LogP contribution in [0.1, 0.15) is 5.69 Å². The predicted octanol–water partition coefficient (Wildman–Crippen LogP) is 1.08. The maximum absolute atomic E-state index is 7.94. The molecule has 0 aliphatic carbocycles. The van der Waals surface area contributed by atoms with Crippen molar-refractivity contribution in [3.8, 4) is 11.8 Å². The average molecular weight is 161 g/mol. The summed E-state index contributed by atoms with van der Waals surface area (Å²) < 4.78 is 1.66. The van der Waals surface area contributed by atoms with E-state index >= 15 is 0 Å². The lowest BCUT2D eigenvalue weighted by molar-refractivity contribution is 0.764. The molecule has 0 unspecified atom stereocenters. The monoisotopic (exact) mass is 161 g/mol. The third kappa shape index (κ3) is 2.37. The summed E-state index contributed by atoms with van der Waals surface area (Å²) in [6, 6.07) is 1.79. The minimum atomic E-state index is 0.188. The normalized spacial score (nSPS) is 8.08. The molecule has 0 aromatic carbocycles. The number of hydrogen-bond donors (Lipinski definition) is 0. The summed E-state index contributed by atoms with van der Waals surface area (Å²) >= 11 is 0. The van der Waals surface area contributed by atoms with Crippen molar-refractivity contribution in [2.45, 2.75) is 0 Å². The molecule has 1 heterocycles. The predicted molar refractivity (Wildman–Crippen MR) is 44.1 cm³/mol. The SMILES string of the molecule is Cn1ccc(C#CCN=[N+]=[N-])n1. The fourth-order valence-electron chi connectivity index (χ4n) is 0.679. The van der Waals surface area contributed by atoms with Crippen molar-refractivity contribution in [1.82, 2.24) is 9.78 Å². The largest absolute Gasteiger partial charge is 0.275 e. The molecule has 0 radical (unpaired) electrons. The second kappa shape index (κ2) is 4.06. The van der Waals surface area contributed by atoms with Gasteiger partial charge in [-0.3, -0.25) is 4.68 Å². The lowest BCUT2D eigenvalue weighted by Gasteiger charge is -1.80. The van der Waals surface area contributed by atoms with Crippen LogP contribution in [-0.2, 0) is 7.05 Å². The van der Waals surface area contributed by atoms with Gasteiger partial charge in [0.25, 0.3) is 0 Å². The van der Waals surface area contributed by atoms with E-state index in [0.29, 0.717) is 5.69 Å². The number of rotatable bonds is 1. The first kappa shape index (κ1) is 8.18. The van der Waals surface area contributed by atoms with Gasteiger partial charge < -0.3 is 0 Å². The molecule has 0 aliphatic heterocycles. The lowest BCUT2D eigenvalue weighted by atomic mass is 10.4. The molecule has 5 nitrogen and oxygen atoms in total. The Kier molecular flexibility index (Phi) is 2.77. The Morgan fingerprint density at radius 2 is 2.67 bits per heavy atom. The third-order valence-electron chi connectivity index (χ3n) is 1.14. The maximum Gasteiger partial charge on any atom is 0.135 e. The van der Waals surface area contributed by atoms with E-state index in [1.165, 1.54) is 0 Å². The molecule has 12 heavy (non-hydrogen) atoms. The molecule has 60 valence electrons. The van der Waals surface area contributed by atoms with Crippen LogP contribution >= 0.6 is 0 Å². The van der Waals surface area contributed by atoms with E-state index in [1.807, 2.05) is 7.05 Å². The van der Waals surface area contributed by atoms with Gasteiger partial charge in [-0.1, -0.05) is 11.0 Å². The highest BCUT2D eigenvalue weighted by molar-refractivity contribution is 5.25. The molecule has 0 fully saturated rings. The zero-order valence-corrected chi connectivity index (χ0v) is 6.60. The van der Waals surface area contributed by atoms with E-state index in [9.17, 15) is 0 Å². The van der Waals surface area contributed by atoms with Crippen LogP contribution in [0.4, 0.5) is 0 Å². The van der Waals surface area contributed by atoms with E-state index in [4.69, 9.17) is 5.53 Å². The Morgan fingerprint density at radius 3 is 3.25 bits per heavy atom. The van der Waals surface area contributed by atoms with E-state index in [-0.39, 0.29) is 6.54 Å². The van der Waals surface area contributed by atoms with Crippen LogP contribution in [0.5, 0.6) is 0 Å². The van der Waals surface area contributed by atoms with Gasteiger partial charge in [0.15, 0.2) is 0 Å². The first-order valence-electron chi connectivity index (χ1n) is 3.32. The Labute approximate surface area is 69.6 Å². The van der Waals surface area contributed by atoms with Gasteiger partial charge in [0.1, 0.15) is 5.69 Å². The van der Waals surface area contributed by atoms with Gasteiger partial charge in [-0.05, 0) is 17.5 Å². The first-order chi connectivity index (χ1) is 5.83. The summed E-state index contributed by atoms with van der Waals surface area (Å²) in [7, 11) is 1.82.